The number of nitrogens with one attached hydrogen (secondary N) is 1. The zero-order chi connectivity index (χ0) is 18.3. The van der Waals surface area contributed by atoms with E-state index >= 15 is 0 Å². The van der Waals surface area contributed by atoms with E-state index in [1.54, 1.807) is 29.0 Å². The number of amides is 1. The second kappa shape index (κ2) is 5.91. The number of rotatable bonds is 2. The summed E-state index contributed by atoms with van der Waals surface area (Å²) in [5.74, 6) is -0.202. The van der Waals surface area contributed by atoms with Crippen LogP contribution in [0.5, 0.6) is 0 Å². The average molecular weight is 354 g/mol. The molecule has 0 spiro atoms. The minimum absolute atomic E-state index is 0.202. The molecule has 1 N–H and O–H groups in total. The smallest absolute Gasteiger partial charge is 0.321 e. The number of halogens is 3. The van der Waals surface area contributed by atoms with Crippen molar-refractivity contribution in [2.45, 2.75) is 6.18 Å². The SMILES string of the molecule is O=C1Nc2ccccc2C1=Cc1cccn1-c1ccc(C(F)(F)F)cc1. The van der Waals surface area contributed by atoms with Crippen LogP contribution < -0.4 is 5.32 Å². The molecular weight excluding hydrogens is 341 g/mol. The summed E-state index contributed by atoms with van der Waals surface area (Å²) in [6.07, 6.45) is -0.891. The van der Waals surface area contributed by atoms with Crippen LogP contribution in [0.4, 0.5) is 18.9 Å². The number of para-hydroxylation sites is 1. The van der Waals surface area contributed by atoms with E-state index in [9.17, 15) is 18.0 Å². The van der Waals surface area contributed by atoms with Crippen LogP contribution in [0, 0.1) is 0 Å². The van der Waals surface area contributed by atoms with Crippen molar-refractivity contribution in [1.29, 1.82) is 0 Å². The molecule has 0 atom stereocenters. The van der Waals surface area contributed by atoms with Gasteiger partial charge in [0.1, 0.15) is 0 Å². The minimum Gasteiger partial charge on any atom is -0.321 e. The quantitative estimate of drug-likeness (QED) is 0.647. The molecule has 1 aliphatic heterocycles. The van der Waals surface area contributed by atoms with Crippen LogP contribution in [0.2, 0.25) is 0 Å². The molecule has 0 unspecified atom stereocenters. The highest BCUT2D eigenvalue weighted by Gasteiger charge is 2.30. The molecule has 2 aromatic carbocycles. The van der Waals surface area contributed by atoms with Gasteiger partial charge in [0, 0.05) is 28.8 Å². The topological polar surface area (TPSA) is 34.0 Å². The Morgan fingerprint density at radius 3 is 2.38 bits per heavy atom. The Balaban J connectivity index is 1.74. The fourth-order valence-corrected chi connectivity index (χ4v) is 2.99. The Morgan fingerprint density at radius 2 is 1.65 bits per heavy atom. The molecule has 0 aliphatic carbocycles. The first-order valence-corrected chi connectivity index (χ1v) is 7.91. The molecule has 130 valence electrons. The maximum absolute atomic E-state index is 12.7. The van der Waals surface area contributed by atoms with E-state index in [0.29, 0.717) is 17.0 Å². The highest BCUT2D eigenvalue weighted by Crippen LogP contribution is 2.33. The first kappa shape index (κ1) is 16.2. The number of hydrogen-bond donors (Lipinski definition) is 1. The third-order valence-electron chi connectivity index (χ3n) is 4.26. The summed E-state index contributed by atoms with van der Waals surface area (Å²) in [7, 11) is 0. The average Bonchev–Trinajstić information content (AvgIpc) is 3.19. The summed E-state index contributed by atoms with van der Waals surface area (Å²) in [5.41, 5.74) is 2.66. The number of fused-ring (bicyclic) bond motifs is 1. The highest BCUT2D eigenvalue weighted by molar-refractivity contribution is 6.34. The normalized spacial score (nSPS) is 15.2. The molecule has 1 aromatic heterocycles. The molecule has 3 aromatic rings. The minimum atomic E-state index is -4.37. The molecule has 2 heterocycles. The Hall–Kier alpha value is -3.28. The van der Waals surface area contributed by atoms with E-state index in [1.165, 1.54) is 12.1 Å². The lowest BCUT2D eigenvalue weighted by Gasteiger charge is -2.10. The van der Waals surface area contributed by atoms with Crippen LogP contribution >= 0.6 is 0 Å². The lowest BCUT2D eigenvalue weighted by atomic mass is 10.1. The van der Waals surface area contributed by atoms with Crippen LogP contribution in [0.1, 0.15) is 16.8 Å². The lowest BCUT2D eigenvalue weighted by molar-refractivity contribution is -0.137. The Bertz CT molecular complexity index is 1010. The molecule has 3 nitrogen and oxygen atoms in total. The van der Waals surface area contributed by atoms with Crippen LogP contribution in [0.15, 0.2) is 66.9 Å². The Kier molecular flexibility index (Phi) is 3.68. The number of anilines is 1. The first-order valence-electron chi connectivity index (χ1n) is 7.91. The third-order valence-corrected chi connectivity index (χ3v) is 4.26. The van der Waals surface area contributed by atoms with Gasteiger partial charge in [-0.2, -0.15) is 13.2 Å². The van der Waals surface area contributed by atoms with Crippen molar-refractivity contribution in [2.24, 2.45) is 0 Å². The van der Waals surface area contributed by atoms with Gasteiger partial charge in [-0.1, -0.05) is 18.2 Å². The van der Waals surface area contributed by atoms with E-state index in [4.69, 9.17) is 0 Å². The second-order valence-electron chi connectivity index (χ2n) is 5.91. The van der Waals surface area contributed by atoms with Crippen molar-refractivity contribution >= 4 is 23.2 Å². The van der Waals surface area contributed by atoms with Crippen molar-refractivity contribution in [3.63, 3.8) is 0 Å². The van der Waals surface area contributed by atoms with E-state index in [2.05, 4.69) is 5.32 Å². The van der Waals surface area contributed by atoms with Crippen LogP contribution in [-0.2, 0) is 11.0 Å². The molecule has 26 heavy (non-hydrogen) atoms. The van der Waals surface area contributed by atoms with E-state index in [1.807, 2.05) is 24.3 Å². The molecule has 0 fully saturated rings. The maximum Gasteiger partial charge on any atom is 0.416 e. The monoisotopic (exact) mass is 354 g/mol. The molecule has 0 radical (unpaired) electrons. The number of nitrogens with zero attached hydrogens (tertiary/aromatic N) is 1. The van der Waals surface area contributed by atoms with Gasteiger partial charge < -0.3 is 9.88 Å². The van der Waals surface area contributed by atoms with Gasteiger partial charge in [0.15, 0.2) is 0 Å². The fourth-order valence-electron chi connectivity index (χ4n) is 2.99. The first-order chi connectivity index (χ1) is 12.4. The van der Waals surface area contributed by atoms with Gasteiger partial charge in [0.05, 0.1) is 11.1 Å². The van der Waals surface area contributed by atoms with Gasteiger partial charge in [-0.05, 0) is 48.5 Å². The molecule has 0 saturated heterocycles. The summed E-state index contributed by atoms with van der Waals surface area (Å²) < 4.78 is 39.9. The van der Waals surface area contributed by atoms with Crippen LogP contribution in [0.3, 0.4) is 0 Å². The zero-order valence-corrected chi connectivity index (χ0v) is 13.4. The summed E-state index contributed by atoms with van der Waals surface area (Å²) in [6.45, 7) is 0. The van der Waals surface area contributed by atoms with Crippen LogP contribution in [0.25, 0.3) is 17.3 Å². The molecule has 1 aliphatic rings. The number of aromatic nitrogens is 1. The second-order valence-corrected chi connectivity index (χ2v) is 5.91. The van der Waals surface area contributed by atoms with Gasteiger partial charge >= 0.3 is 6.18 Å². The number of hydrogen-bond acceptors (Lipinski definition) is 1. The number of benzene rings is 2. The van der Waals surface area contributed by atoms with Crippen molar-refractivity contribution in [1.82, 2.24) is 4.57 Å². The molecule has 0 bridgehead atoms. The fraction of sp³-hybridized carbons (Fsp3) is 0.0500. The predicted octanol–water partition coefficient (Wildman–Crippen LogP) is 4.99. The van der Waals surface area contributed by atoms with Gasteiger partial charge in [0.2, 0.25) is 0 Å². The maximum atomic E-state index is 12.7. The van der Waals surface area contributed by atoms with Crippen molar-refractivity contribution in [2.75, 3.05) is 5.32 Å². The molecule has 1 amide bonds. The third kappa shape index (κ3) is 2.79. The van der Waals surface area contributed by atoms with Crippen LogP contribution in [-0.4, -0.2) is 10.5 Å². The van der Waals surface area contributed by atoms with Gasteiger partial charge in [0.25, 0.3) is 5.91 Å². The largest absolute Gasteiger partial charge is 0.416 e. The summed E-state index contributed by atoms with van der Waals surface area (Å²) in [5, 5.41) is 2.80. The highest BCUT2D eigenvalue weighted by atomic mass is 19.4. The van der Waals surface area contributed by atoms with Crippen molar-refractivity contribution in [3.05, 3.63) is 83.7 Å². The number of alkyl halides is 3. The van der Waals surface area contributed by atoms with Gasteiger partial charge in [-0.25, -0.2) is 0 Å². The Labute approximate surface area is 147 Å². The molecule has 0 saturated carbocycles. The van der Waals surface area contributed by atoms with E-state index in [-0.39, 0.29) is 5.91 Å². The summed E-state index contributed by atoms with van der Waals surface area (Å²) in [6, 6.07) is 15.9. The van der Waals surface area contributed by atoms with Gasteiger partial charge in [-0.15, -0.1) is 0 Å². The van der Waals surface area contributed by atoms with E-state index in [0.717, 1.165) is 23.4 Å². The number of carbonyl (C=O) groups is 1. The number of carbonyl (C=O) groups excluding carboxylic acids is 1. The molecular formula is C20H13F3N2O. The van der Waals surface area contributed by atoms with Gasteiger partial charge in [-0.3, -0.25) is 4.79 Å². The summed E-state index contributed by atoms with van der Waals surface area (Å²) >= 11 is 0. The predicted molar refractivity (Wildman–Crippen MR) is 93.7 cm³/mol. The Morgan fingerprint density at radius 1 is 0.923 bits per heavy atom. The van der Waals surface area contributed by atoms with E-state index < -0.39 is 11.7 Å². The molecule has 4 rings (SSSR count). The van der Waals surface area contributed by atoms with Crippen molar-refractivity contribution in [3.8, 4) is 5.69 Å². The lowest BCUT2D eigenvalue weighted by Crippen LogP contribution is -2.05. The summed E-state index contributed by atoms with van der Waals surface area (Å²) in [4.78, 5) is 12.2. The molecule has 6 heteroatoms. The zero-order valence-electron chi connectivity index (χ0n) is 13.4. The van der Waals surface area contributed by atoms with Crippen molar-refractivity contribution < 1.29 is 18.0 Å². The standard InChI is InChI=1S/C20H13F3N2O/c21-20(22,23)13-7-9-14(10-8-13)25-11-3-4-15(25)12-17-16-5-1-2-6-18(16)24-19(17)26/h1-12H,(H,24,26).